The maximum Gasteiger partial charge on any atom is -0.00248 e. The molecule has 0 saturated carbocycles. The van der Waals surface area contributed by atoms with Crippen LogP contribution in [0.4, 0.5) is 0 Å². The van der Waals surface area contributed by atoms with Gasteiger partial charge in [-0.2, -0.15) is 0 Å². The molecular weight excluding hydrogens is 290 g/mol. The Hall–Kier alpha value is -0.0100. The molecule has 0 bridgehead atoms. The minimum Gasteiger partial charge on any atom is -0.309 e. The van der Waals surface area contributed by atoms with E-state index >= 15 is 0 Å². The van der Waals surface area contributed by atoms with E-state index in [1.165, 1.54) is 96.4 Å². The molecule has 2 heteroatoms. The molecule has 0 amide bonds. The van der Waals surface area contributed by atoms with Gasteiger partial charge in [-0.25, -0.2) is 0 Å². The first-order valence-electron chi connectivity index (χ1n) is 9.57. The van der Waals surface area contributed by atoms with Gasteiger partial charge in [0.1, 0.15) is 0 Å². The molecule has 0 unspecified atom stereocenters. The molecule has 0 radical (unpaired) electrons. The summed E-state index contributed by atoms with van der Waals surface area (Å²) in [7, 11) is 4.33. The highest BCUT2D eigenvalue weighted by Gasteiger charge is 1.92. The molecule has 0 N–H and O–H groups in total. The largest absolute Gasteiger partial charge is 0.309 e. The van der Waals surface area contributed by atoms with Gasteiger partial charge < -0.3 is 4.90 Å². The fraction of sp³-hybridized carbons (Fsp3) is 0.900. The summed E-state index contributed by atoms with van der Waals surface area (Å²) in [5.74, 6) is 0. The van der Waals surface area contributed by atoms with Crippen molar-refractivity contribution in [1.29, 1.82) is 0 Å². The molecule has 0 atom stereocenters. The number of allylic oxidation sites excluding steroid dienone is 2. The summed E-state index contributed by atoms with van der Waals surface area (Å²) in [5, 5.41) is 0. The van der Waals surface area contributed by atoms with E-state index in [0.717, 1.165) is 0 Å². The molecular formula is C20H42ClN. The lowest BCUT2D eigenvalue weighted by Gasteiger charge is -2.08. The van der Waals surface area contributed by atoms with Crippen molar-refractivity contribution in [3.63, 3.8) is 0 Å². The maximum absolute atomic E-state index is 2.41. The number of hydrogen-bond donors (Lipinski definition) is 0. The zero-order valence-electron chi connectivity index (χ0n) is 15.6. The molecule has 0 saturated heterocycles. The van der Waals surface area contributed by atoms with E-state index in [1.807, 2.05) is 0 Å². The minimum absolute atomic E-state index is 0. The SMILES string of the molecule is CCCCCCCCC=CCCCCCCCCN(C)C.Cl. The summed E-state index contributed by atoms with van der Waals surface area (Å²) < 4.78 is 0. The lowest BCUT2D eigenvalue weighted by atomic mass is 10.1. The van der Waals surface area contributed by atoms with Gasteiger partial charge in [-0.05, 0) is 52.7 Å². The van der Waals surface area contributed by atoms with Crippen LogP contribution >= 0.6 is 12.4 Å². The van der Waals surface area contributed by atoms with Crippen LogP contribution in [0.1, 0.15) is 96.8 Å². The summed E-state index contributed by atoms with van der Waals surface area (Å²) in [5.41, 5.74) is 0. The highest BCUT2D eigenvalue weighted by molar-refractivity contribution is 5.85. The standard InChI is InChI=1S/C20H41N.ClH/c1-4-5-6-7-8-9-10-11-12-13-14-15-16-17-18-19-20-21(2)3;/h11-12H,4-10,13-20H2,1-3H3;1H. The summed E-state index contributed by atoms with van der Waals surface area (Å²) in [6.07, 6.45) is 24.3. The van der Waals surface area contributed by atoms with Gasteiger partial charge in [0, 0.05) is 0 Å². The van der Waals surface area contributed by atoms with E-state index in [-0.39, 0.29) is 12.4 Å². The molecule has 22 heavy (non-hydrogen) atoms. The fourth-order valence-corrected chi connectivity index (χ4v) is 2.68. The van der Waals surface area contributed by atoms with Gasteiger partial charge in [-0.15, -0.1) is 12.4 Å². The Bertz CT molecular complexity index is 214. The molecule has 0 rings (SSSR count). The lowest BCUT2D eigenvalue weighted by molar-refractivity contribution is 0.389. The normalized spacial score (nSPS) is 11.3. The monoisotopic (exact) mass is 331 g/mol. The number of hydrogen-bond acceptors (Lipinski definition) is 1. The Morgan fingerprint density at radius 1 is 0.591 bits per heavy atom. The molecule has 0 fully saturated rings. The molecule has 0 aromatic rings. The van der Waals surface area contributed by atoms with Gasteiger partial charge in [0.2, 0.25) is 0 Å². The summed E-state index contributed by atoms with van der Waals surface area (Å²) in [6, 6.07) is 0. The number of rotatable bonds is 16. The second-order valence-corrected chi connectivity index (χ2v) is 6.74. The maximum atomic E-state index is 2.41. The van der Waals surface area contributed by atoms with Gasteiger partial charge in [0.25, 0.3) is 0 Å². The summed E-state index contributed by atoms with van der Waals surface area (Å²) >= 11 is 0. The van der Waals surface area contributed by atoms with Gasteiger partial charge in [0.05, 0.1) is 0 Å². The first-order valence-corrected chi connectivity index (χ1v) is 9.57. The molecule has 0 spiro atoms. The van der Waals surface area contributed by atoms with Gasteiger partial charge in [-0.3, -0.25) is 0 Å². The van der Waals surface area contributed by atoms with Crippen LogP contribution in [-0.2, 0) is 0 Å². The van der Waals surface area contributed by atoms with Crippen molar-refractivity contribution in [2.24, 2.45) is 0 Å². The zero-order chi connectivity index (χ0) is 15.6. The molecule has 0 aromatic carbocycles. The Balaban J connectivity index is 0. The third-order valence-electron chi connectivity index (χ3n) is 4.12. The first kappa shape index (κ1) is 24.2. The lowest BCUT2D eigenvalue weighted by Crippen LogP contribution is -2.12. The highest BCUT2D eigenvalue weighted by Crippen LogP contribution is 2.09. The zero-order valence-corrected chi connectivity index (χ0v) is 16.4. The number of unbranched alkanes of at least 4 members (excludes halogenated alkanes) is 12. The van der Waals surface area contributed by atoms with Crippen molar-refractivity contribution in [2.45, 2.75) is 96.8 Å². The minimum atomic E-state index is 0. The Kier molecular flexibility index (Phi) is 23.1. The Morgan fingerprint density at radius 2 is 1.00 bits per heavy atom. The van der Waals surface area contributed by atoms with Crippen molar-refractivity contribution in [2.75, 3.05) is 20.6 Å². The average Bonchev–Trinajstić information content (AvgIpc) is 2.46. The quantitative estimate of drug-likeness (QED) is 0.217. The van der Waals surface area contributed by atoms with Crippen LogP contribution < -0.4 is 0 Å². The van der Waals surface area contributed by atoms with Crippen LogP contribution in [0.25, 0.3) is 0 Å². The second kappa shape index (κ2) is 21.0. The van der Waals surface area contributed by atoms with Crippen molar-refractivity contribution in [3.8, 4) is 0 Å². The summed E-state index contributed by atoms with van der Waals surface area (Å²) in [4.78, 5) is 2.29. The molecule has 0 aliphatic heterocycles. The van der Waals surface area contributed by atoms with Gasteiger partial charge in [-0.1, -0.05) is 76.9 Å². The molecule has 134 valence electrons. The van der Waals surface area contributed by atoms with E-state index < -0.39 is 0 Å². The topological polar surface area (TPSA) is 3.24 Å². The Labute approximate surface area is 147 Å². The fourth-order valence-electron chi connectivity index (χ4n) is 2.68. The smallest absolute Gasteiger partial charge is 0.00248 e. The second-order valence-electron chi connectivity index (χ2n) is 6.74. The number of halogens is 1. The van der Waals surface area contributed by atoms with E-state index in [9.17, 15) is 0 Å². The van der Waals surface area contributed by atoms with Crippen LogP contribution in [0, 0.1) is 0 Å². The van der Waals surface area contributed by atoms with Crippen molar-refractivity contribution in [3.05, 3.63) is 12.2 Å². The molecule has 0 aliphatic rings. The van der Waals surface area contributed by atoms with Crippen LogP contribution in [0.3, 0.4) is 0 Å². The third kappa shape index (κ3) is 22.3. The highest BCUT2D eigenvalue weighted by atomic mass is 35.5. The molecule has 0 aliphatic carbocycles. The summed E-state index contributed by atoms with van der Waals surface area (Å²) in [6.45, 7) is 3.54. The first-order chi connectivity index (χ1) is 10.3. The van der Waals surface area contributed by atoms with Crippen molar-refractivity contribution in [1.82, 2.24) is 4.90 Å². The average molecular weight is 332 g/mol. The molecule has 0 heterocycles. The third-order valence-corrected chi connectivity index (χ3v) is 4.12. The number of nitrogens with zero attached hydrogens (tertiary/aromatic N) is 1. The molecule has 1 nitrogen and oxygen atoms in total. The molecule has 0 aromatic heterocycles. The van der Waals surface area contributed by atoms with E-state index in [0.29, 0.717) is 0 Å². The van der Waals surface area contributed by atoms with Crippen molar-refractivity contribution < 1.29 is 0 Å². The van der Waals surface area contributed by atoms with Crippen LogP contribution in [0.5, 0.6) is 0 Å². The van der Waals surface area contributed by atoms with Crippen LogP contribution in [-0.4, -0.2) is 25.5 Å². The van der Waals surface area contributed by atoms with Crippen molar-refractivity contribution >= 4 is 12.4 Å². The predicted octanol–water partition coefficient (Wildman–Crippen LogP) is 7.01. The Morgan fingerprint density at radius 3 is 1.45 bits per heavy atom. The predicted molar refractivity (Wildman–Crippen MR) is 105 cm³/mol. The van der Waals surface area contributed by atoms with Gasteiger partial charge >= 0.3 is 0 Å². The van der Waals surface area contributed by atoms with Gasteiger partial charge in [0.15, 0.2) is 0 Å². The van der Waals surface area contributed by atoms with Crippen LogP contribution in [0.15, 0.2) is 12.2 Å². The van der Waals surface area contributed by atoms with E-state index in [2.05, 4.69) is 38.1 Å². The van der Waals surface area contributed by atoms with E-state index in [1.54, 1.807) is 0 Å². The van der Waals surface area contributed by atoms with Crippen LogP contribution in [0.2, 0.25) is 0 Å². The van der Waals surface area contributed by atoms with E-state index in [4.69, 9.17) is 0 Å².